The number of pyridine rings is 1. The first-order valence-corrected chi connectivity index (χ1v) is 11.0. The lowest BCUT2D eigenvalue weighted by atomic mass is 10.2. The first kappa shape index (κ1) is 27.0. The highest BCUT2D eigenvalue weighted by molar-refractivity contribution is 6.03. The van der Waals surface area contributed by atoms with Crippen molar-refractivity contribution in [3.05, 3.63) is 83.8 Å². The molecule has 0 aliphatic heterocycles. The second kappa shape index (κ2) is 12.9. The molecule has 0 radical (unpaired) electrons. The van der Waals surface area contributed by atoms with Gasteiger partial charge in [-0.25, -0.2) is 18.6 Å². The number of carbonyl (C=O) groups is 2. The second-order valence-corrected chi connectivity index (χ2v) is 7.71. The van der Waals surface area contributed by atoms with Gasteiger partial charge in [0.25, 0.3) is 0 Å². The van der Waals surface area contributed by atoms with Crippen molar-refractivity contribution in [3.8, 4) is 11.6 Å². The zero-order chi connectivity index (χ0) is 26.8. The minimum absolute atomic E-state index is 0.00146. The van der Waals surface area contributed by atoms with E-state index in [9.17, 15) is 22.8 Å². The number of esters is 1. The molecule has 2 aromatic carbocycles. The number of benzene rings is 2. The van der Waals surface area contributed by atoms with E-state index < -0.39 is 35.5 Å². The summed E-state index contributed by atoms with van der Waals surface area (Å²) >= 11 is 0. The van der Waals surface area contributed by atoms with E-state index >= 15 is 0 Å². The first-order chi connectivity index (χ1) is 17.7. The van der Waals surface area contributed by atoms with Crippen molar-refractivity contribution in [2.45, 2.75) is 13.5 Å². The van der Waals surface area contributed by atoms with Gasteiger partial charge in [0.05, 0.1) is 19.6 Å². The van der Waals surface area contributed by atoms with Gasteiger partial charge in [-0.3, -0.25) is 10.1 Å². The highest BCUT2D eigenvalue weighted by atomic mass is 19.1. The molecule has 1 atom stereocenters. The Kier molecular flexibility index (Phi) is 9.41. The molecule has 3 N–H and O–H groups in total. The van der Waals surface area contributed by atoms with Gasteiger partial charge in [0.15, 0.2) is 0 Å². The van der Waals surface area contributed by atoms with Crippen molar-refractivity contribution in [2.24, 2.45) is 10.9 Å². The Balaban J connectivity index is 1.71. The average molecular weight is 515 g/mol. The lowest BCUT2D eigenvalue weighted by Gasteiger charge is -2.15. The number of nitrogens with one attached hydrogen (secondary N) is 3. The Morgan fingerprint density at radius 1 is 1.05 bits per heavy atom. The van der Waals surface area contributed by atoms with Crippen LogP contribution < -0.4 is 20.7 Å². The van der Waals surface area contributed by atoms with Crippen molar-refractivity contribution in [1.82, 2.24) is 15.6 Å². The number of rotatable bonds is 8. The molecule has 0 saturated heterocycles. The van der Waals surface area contributed by atoms with E-state index in [0.29, 0.717) is 11.4 Å². The van der Waals surface area contributed by atoms with Crippen LogP contribution in [-0.2, 0) is 16.1 Å². The largest absolute Gasteiger partial charge is 0.469 e. The van der Waals surface area contributed by atoms with Gasteiger partial charge in [0, 0.05) is 29.9 Å². The molecule has 0 bridgehead atoms. The Morgan fingerprint density at radius 3 is 2.49 bits per heavy atom. The number of guanidine groups is 1. The van der Waals surface area contributed by atoms with Crippen LogP contribution in [0, 0.1) is 23.5 Å². The number of carbonyl (C=O) groups excluding carboxylic acids is 2. The van der Waals surface area contributed by atoms with E-state index in [1.807, 2.05) is 0 Å². The van der Waals surface area contributed by atoms with E-state index in [4.69, 9.17) is 4.74 Å². The summed E-state index contributed by atoms with van der Waals surface area (Å²) in [6, 6.07) is 12.9. The number of methoxy groups -OCH3 is 1. The molecular weight excluding hydrogens is 491 g/mol. The van der Waals surface area contributed by atoms with Crippen molar-refractivity contribution in [1.29, 1.82) is 0 Å². The molecule has 3 aromatic rings. The van der Waals surface area contributed by atoms with Gasteiger partial charge in [-0.15, -0.1) is 0 Å². The van der Waals surface area contributed by atoms with Crippen molar-refractivity contribution in [2.75, 3.05) is 19.0 Å². The highest BCUT2D eigenvalue weighted by Gasteiger charge is 2.15. The summed E-state index contributed by atoms with van der Waals surface area (Å²) in [4.78, 5) is 31.7. The van der Waals surface area contributed by atoms with Gasteiger partial charge < -0.3 is 20.1 Å². The third-order valence-electron chi connectivity index (χ3n) is 4.86. The predicted octanol–water partition coefficient (Wildman–Crippen LogP) is 4.37. The smallest absolute Gasteiger partial charge is 0.321 e. The van der Waals surface area contributed by atoms with Gasteiger partial charge >= 0.3 is 12.0 Å². The predicted molar refractivity (Wildman–Crippen MR) is 130 cm³/mol. The molecule has 194 valence electrons. The summed E-state index contributed by atoms with van der Waals surface area (Å²) in [5.74, 6) is -2.87. The van der Waals surface area contributed by atoms with E-state index in [1.54, 1.807) is 31.2 Å². The standard InChI is InChI=1S/C25H24F3N5O4/c1-15(23(34)36-2)13-30-25(35)33-24(29-14-16-6-7-17(26)12-20(16)27)31-18-8-10-19(11-9-18)37-22-5-3-4-21(28)32-22/h3-12,15H,13-14H2,1-2H3,(H3,29,30,31,33,35)/t15-/m0/s1. The van der Waals surface area contributed by atoms with Crippen LogP contribution in [0.5, 0.6) is 11.6 Å². The lowest BCUT2D eigenvalue weighted by Crippen LogP contribution is -2.44. The molecule has 0 aliphatic rings. The van der Waals surface area contributed by atoms with Crippen LogP contribution in [0.1, 0.15) is 12.5 Å². The van der Waals surface area contributed by atoms with Gasteiger partial charge in [0.2, 0.25) is 17.8 Å². The number of aromatic nitrogens is 1. The van der Waals surface area contributed by atoms with E-state index in [-0.39, 0.29) is 30.5 Å². The van der Waals surface area contributed by atoms with Crippen molar-refractivity contribution < 1.29 is 32.2 Å². The van der Waals surface area contributed by atoms with Crippen LogP contribution in [0.2, 0.25) is 0 Å². The van der Waals surface area contributed by atoms with Crippen LogP contribution in [0.15, 0.2) is 65.7 Å². The maximum atomic E-state index is 14.0. The first-order valence-electron chi connectivity index (χ1n) is 11.0. The van der Waals surface area contributed by atoms with Crippen LogP contribution >= 0.6 is 0 Å². The summed E-state index contributed by atoms with van der Waals surface area (Å²) in [6.45, 7) is 1.37. The molecular formula is C25H24F3N5O4. The third-order valence-corrected chi connectivity index (χ3v) is 4.86. The zero-order valence-corrected chi connectivity index (χ0v) is 19.9. The molecule has 0 fully saturated rings. The van der Waals surface area contributed by atoms with E-state index in [1.165, 1.54) is 31.4 Å². The normalized spacial score (nSPS) is 11.9. The van der Waals surface area contributed by atoms with Crippen LogP contribution in [0.4, 0.5) is 23.7 Å². The number of amides is 2. The van der Waals surface area contributed by atoms with Gasteiger partial charge in [0.1, 0.15) is 17.4 Å². The summed E-state index contributed by atoms with van der Waals surface area (Å²) < 4.78 is 50.6. The summed E-state index contributed by atoms with van der Waals surface area (Å²) in [6.07, 6.45) is 0. The average Bonchev–Trinajstić information content (AvgIpc) is 2.87. The van der Waals surface area contributed by atoms with E-state index in [2.05, 4.69) is 30.7 Å². The molecule has 1 heterocycles. The summed E-state index contributed by atoms with van der Waals surface area (Å²) in [5.41, 5.74) is 0.578. The SMILES string of the molecule is COC(=O)[C@@H](C)CNC(=O)NC(=NCc1ccc(F)cc1F)Nc1ccc(Oc2cccc(F)n2)cc1. The number of aliphatic imine (C=N–C) groups is 1. The number of anilines is 1. The number of nitrogens with zero attached hydrogens (tertiary/aromatic N) is 2. The molecule has 2 amide bonds. The molecule has 9 nitrogen and oxygen atoms in total. The number of halogens is 3. The molecule has 1 aromatic heterocycles. The molecule has 3 rings (SSSR count). The van der Waals surface area contributed by atoms with E-state index in [0.717, 1.165) is 12.1 Å². The zero-order valence-electron chi connectivity index (χ0n) is 19.9. The Hall–Kier alpha value is -4.61. The van der Waals surface area contributed by atoms with Crippen LogP contribution in [-0.4, -0.2) is 36.6 Å². The fraction of sp³-hybridized carbons (Fsp3) is 0.200. The lowest BCUT2D eigenvalue weighted by molar-refractivity contribution is -0.144. The molecule has 0 unspecified atom stereocenters. The maximum Gasteiger partial charge on any atom is 0.321 e. The Bertz CT molecular complexity index is 1270. The molecule has 12 heteroatoms. The third kappa shape index (κ3) is 8.53. The number of ether oxygens (including phenoxy) is 2. The maximum absolute atomic E-state index is 14.0. The quantitative estimate of drug-likeness (QED) is 0.178. The number of hydrogen-bond acceptors (Lipinski definition) is 6. The van der Waals surface area contributed by atoms with Crippen molar-refractivity contribution in [3.63, 3.8) is 0 Å². The topological polar surface area (TPSA) is 114 Å². The van der Waals surface area contributed by atoms with Gasteiger partial charge in [-0.05, 0) is 36.4 Å². The molecule has 0 aliphatic carbocycles. The second-order valence-electron chi connectivity index (χ2n) is 7.71. The van der Waals surface area contributed by atoms with Gasteiger partial charge in [-0.1, -0.05) is 19.1 Å². The molecule has 0 saturated carbocycles. The number of hydrogen-bond donors (Lipinski definition) is 3. The van der Waals surface area contributed by atoms with Crippen molar-refractivity contribution >= 4 is 23.6 Å². The minimum Gasteiger partial charge on any atom is -0.469 e. The fourth-order valence-corrected chi connectivity index (χ4v) is 2.92. The van der Waals surface area contributed by atoms with Crippen LogP contribution in [0.25, 0.3) is 0 Å². The summed E-state index contributed by atoms with van der Waals surface area (Å²) in [5, 5.41) is 7.91. The Morgan fingerprint density at radius 2 is 1.81 bits per heavy atom. The monoisotopic (exact) mass is 515 g/mol. The number of urea groups is 1. The van der Waals surface area contributed by atoms with Crippen LogP contribution in [0.3, 0.4) is 0 Å². The fourth-order valence-electron chi connectivity index (χ4n) is 2.92. The molecule has 0 spiro atoms. The highest BCUT2D eigenvalue weighted by Crippen LogP contribution is 2.21. The minimum atomic E-state index is -0.785. The summed E-state index contributed by atoms with van der Waals surface area (Å²) in [7, 11) is 1.24. The van der Waals surface area contributed by atoms with Gasteiger partial charge in [-0.2, -0.15) is 9.37 Å². The molecule has 37 heavy (non-hydrogen) atoms. The Labute approximate surface area is 210 Å².